The molecule has 25 heavy (non-hydrogen) atoms. The molecular weight excluding hydrogens is 318 g/mol. The Hall–Kier alpha value is -3.36. The number of nitrogens with zero attached hydrogens (tertiary/aromatic N) is 9. The molecule has 1 aliphatic heterocycles. The zero-order chi connectivity index (χ0) is 16.8. The maximum absolute atomic E-state index is 4.54. The predicted molar refractivity (Wildman–Crippen MR) is 92.5 cm³/mol. The molecule has 0 aliphatic carbocycles. The third-order valence-corrected chi connectivity index (χ3v) is 4.63. The van der Waals surface area contributed by atoms with Crippen molar-refractivity contribution in [3.8, 4) is 0 Å². The topological polar surface area (TPSA) is 88.2 Å². The van der Waals surface area contributed by atoms with Gasteiger partial charge in [-0.3, -0.25) is 4.98 Å². The molecule has 1 fully saturated rings. The number of anilines is 2. The fraction of sp³-hybridized carbons (Fsp3) is 0.250. The van der Waals surface area contributed by atoms with Crippen molar-refractivity contribution < 1.29 is 0 Å². The molecule has 0 saturated carbocycles. The minimum Gasteiger partial charge on any atom is -0.353 e. The fourth-order valence-electron chi connectivity index (χ4n) is 3.12. The summed E-state index contributed by atoms with van der Waals surface area (Å²) in [5.74, 6) is 1.85. The molecule has 1 aliphatic rings. The molecular formula is C16H15N9. The Kier molecular flexibility index (Phi) is 2.99. The first-order valence-corrected chi connectivity index (χ1v) is 7.99. The van der Waals surface area contributed by atoms with Crippen LogP contribution in [0.5, 0.6) is 0 Å². The highest BCUT2D eigenvalue weighted by molar-refractivity contribution is 5.88. The van der Waals surface area contributed by atoms with Crippen LogP contribution in [-0.2, 0) is 0 Å². The van der Waals surface area contributed by atoms with E-state index in [9.17, 15) is 0 Å². The van der Waals surface area contributed by atoms with Gasteiger partial charge in [-0.1, -0.05) is 0 Å². The molecule has 0 radical (unpaired) electrons. The van der Waals surface area contributed by atoms with Gasteiger partial charge in [-0.2, -0.15) is 4.52 Å². The molecule has 0 N–H and O–H groups in total. The Morgan fingerprint density at radius 2 is 2.08 bits per heavy atom. The van der Waals surface area contributed by atoms with E-state index in [2.05, 4.69) is 47.1 Å². The van der Waals surface area contributed by atoms with Gasteiger partial charge in [0.15, 0.2) is 5.65 Å². The number of pyridine rings is 1. The first kappa shape index (κ1) is 14.0. The van der Waals surface area contributed by atoms with Crippen LogP contribution in [0.25, 0.3) is 16.6 Å². The third-order valence-electron chi connectivity index (χ3n) is 4.63. The van der Waals surface area contributed by atoms with Crippen LogP contribution in [0, 0.1) is 0 Å². The second kappa shape index (κ2) is 5.33. The molecule has 0 aromatic carbocycles. The summed E-state index contributed by atoms with van der Waals surface area (Å²) in [6, 6.07) is 6.23. The lowest BCUT2D eigenvalue weighted by molar-refractivity contribution is 0.488. The Bertz CT molecular complexity index is 1050. The van der Waals surface area contributed by atoms with Crippen molar-refractivity contribution in [2.45, 2.75) is 6.04 Å². The van der Waals surface area contributed by atoms with E-state index in [1.807, 2.05) is 18.2 Å². The molecule has 0 atom stereocenters. The molecule has 5 heterocycles. The third kappa shape index (κ3) is 2.24. The molecule has 5 rings (SSSR count). The summed E-state index contributed by atoms with van der Waals surface area (Å²) in [7, 11) is 2.07. The molecule has 9 heteroatoms. The molecule has 0 amide bonds. The maximum atomic E-state index is 4.54. The van der Waals surface area contributed by atoms with Crippen LogP contribution in [0.4, 0.5) is 11.6 Å². The zero-order valence-electron chi connectivity index (χ0n) is 13.6. The van der Waals surface area contributed by atoms with E-state index < -0.39 is 0 Å². The van der Waals surface area contributed by atoms with Crippen LogP contribution in [0.3, 0.4) is 0 Å². The Morgan fingerprint density at radius 1 is 1.16 bits per heavy atom. The van der Waals surface area contributed by atoms with E-state index >= 15 is 0 Å². The molecule has 124 valence electrons. The molecule has 4 aromatic heterocycles. The Balaban J connectivity index is 1.37. The van der Waals surface area contributed by atoms with Gasteiger partial charge in [-0.25, -0.2) is 9.97 Å². The average molecular weight is 333 g/mol. The smallest absolute Gasteiger partial charge is 0.177 e. The van der Waals surface area contributed by atoms with Crippen LogP contribution >= 0.6 is 0 Å². The van der Waals surface area contributed by atoms with E-state index in [0.29, 0.717) is 6.04 Å². The summed E-state index contributed by atoms with van der Waals surface area (Å²) < 4.78 is 1.69. The number of hydrogen-bond donors (Lipinski definition) is 0. The van der Waals surface area contributed by atoms with Gasteiger partial charge in [-0.05, 0) is 18.2 Å². The molecule has 9 nitrogen and oxygen atoms in total. The zero-order valence-corrected chi connectivity index (χ0v) is 13.6. The van der Waals surface area contributed by atoms with Gasteiger partial charge in [0.1, 0.15) is 24.3 Å². The number of likely N-dealkylation sites (N-methyl/N-ethyl adjacent to an activating group) is 1. The minimum atomic E-state index is 0.365. The number of aromatic nitrogens is 7. The lowest BCUT2D eigenvalue weighted by Gasteiger charge is -2.45. The van der Waals surface area contributed by atoms with E-state index in [-0.39, 0.29) is 0 Å². The van der Waals surface area contributed by atoms with Gasteiger partial charge in [0.2, 0.25) is 0 Å². The summed E-state index contributed by atoms with van der Waals surface area (Å²) in [4.78, 5) is 17.3. The van der Waals surface area contributed by atoms with Crippen LogP contribution in [0.2, 0.25) is 0 Å². The van der Waals surface area contributed by atoms with Crippen LogP contribution in [-0.4, -0.2) is 60.9 Å². The first-order valence-electron chi connectivity index (χ1n) is 7.99. The highest BCUT2D eigenvalue weighted by Crippen LogP contribution is 2.27. The van der Waals surface area contributed by atoms with E-state index in [4.69, 9.17) is 0 Å². The summed E-state index contributed by atoms with van der Waals surface area (Å²) >= 11 is 0. The molecule has 1 saturated heterocycles. The Labute approximate surface area is 143 Å². The highest BCUT2D eigenvalue weighted by atomic mass is 15.4. The Morgan fingerprint density at radius 3 is 3.00 bits per heavy atom. The van der Waals surface area contributed by atoms with Crippen molar-refractivity contribution in [1.29, 1.82) is 0 Å². The second-order valence-corrected chi connectivity index (χ2v) is 6.09. The molecule has 0 spiro atoms. The summed E-state index contributed by atoms with van der Waals surface area (Å²) in [6.45, 7) is 1.77. The second-order valence-electron chi connectivity index (χ2n) is 6.09. The monoisotopic (exact) mass is 333 g/mol. The predicted octanol–water partition coefficient (Wildman–Crippen LogP) is 0.787. The average Bonchev–Trinajstić information content (AvgIpc) is 3.07. The SMILES string of the molecule is CN(c1ncnc2cnccc12)C1CN(c2ccc3nncn3n2)C1. The fourth-order valence-corrected chi connectivity index (χ4v) is 3.12. The summed E-state index contributed by atoms with van der Waals surface area (Å²) in [5, 5.41) is 13.4. The van der Waals surface area contributed by atoms with Crippen molar-refractivity contribution in [3.05, 3.63) is 43.2 Å². The lowest BCUT2D eigenvalue weighted by Crippen LogP contribution is -2.59. The van der Waals surface area contributed by atoms with E-state index in [1.54, 1.807) is 29.6 Å². The largest absolute Gasteiger partial charge is 0.353 e. The number of rotatable bonds is 3. The van der Waals surface area contributed by atoms with Crippen molar-refractivity contribution in [2.75, 3.05) is 29.9 Å². The van der Waals surface area contributed by atoms with Crippen molar-refractivity contribution in [2.24, 2.45) is 0 Å². The van der Waals surface area contributed by atoms with Crippen LogP contribution in [0.1, 0.15) is 0 Å². The highest BCUT2D eigenvalue weighted by Gasteiger charge is 2.32. The van der Waals surface area contributed by atoms with Gasteiger partial charge in [0.05, 0.1) is 17.8 Å². The van der Waals surface area contributed by atoms with Crippen LogP contribution < -0.4 is 9.80 Å². The number of fused-ring (bicyclic) bond motifs is 2. The van der Waals surface area contributed by atoms with Crippen molar-refractivity contribution >= 4 is 28.2 Å². The van der Waals surface area contributed by atoms with Crippen LogP contribution in [0.15, 0.2) is 43.2 Å². The van der Waals surface area contributed by atoms with Gasteiger partial charge in [0, 0.05) is 31.7 Å². The molecule has 0 unspecified atom stereocenters. The maximum Gasteiger partial charge on any atom is 0.177 e. The summed E-state index contributed by atoms with van der Waals surface area (Å²) in [6.07, 6.45) is 6.74. The van der Waals surface area contributed by atoms with E-state index in [1.165, 1.54) is 0 Å². The van der Waals surface area contributed by atoms with Gasteiger partial charge < -0.3 is 9.80 Å². The van der Waals surface area contributed by atoms with E-state index in [0.717, 1.165) is 41.3 Å². The summed E-state index contributed by atoms with van der Waals surface area (Å²) in [5.41, 5.74) is 1.61. The molecule has 4 aromatic rings. The van der Waals surface area contributed by atoms with Crippen molar-refractivity contribution in [3.63, 3.8) is 0 Å². The van der Waals surface area contributed by atoms with Gasteiger partial charge in [-0.15, -0.1) is 15.3 Å². The van der Waals surface area contributed by atoms with Gasteiger partial charge in [0.25, 0.3) is 0 Å². The van der Waals surface area contributed by atoms with Gasteiger partial charge >= 0.3 is 0 Å². The quantitative estimate of drug-likeness (QED) is 0.544. The molecule has 0 bridgehead atoms. The lowest BCUT2D eigenvalue weighted by atomic mass is 10.1. The number of hydrogen-bond acceptors (Lipinski definition) is 8. The first-order chi connectivity index (χ1) is 12.3. The minimum absolute atomic E-state index is 0.365. The normalized spacial score (nSPS) is 14.8. The standard InChI is InChI=1S/C16H15N9/c1-23(16-12-4-5-17-6-13(12)18-9-19-16)11-7-24(8-11)15-3-2-14-21-20-10-25(14)22-15/h2-6,9-11H,7-8H2,1H3. The van der Waals surface area contributed by atoms with Crippen molar-refractivity contribution in [1.82, 2.24) is 34.8 Å².